The summed E-state index contributed by atoms with van der Waals surface area (Å²) in [6.45, 7) is 0.935. The first-order valence-electron chi connectivity index (χ1n) is 6.46. The number of carbonyl (C=O) groups is 2. The van der Waals surface area contributed by atoms with Gasteiger partial charge in [-0.3, -0.25) is 19.7 Å². The Bertz CT molecular complexity index is 593. The van der Waals surface area contributed by atoms with Gasteiger partial charge in [-0.2, -0.15) is 0 Å². The zero-order valence-corrected chi connectivity index (χ0v) is 11.2. The SMILES string of the molecule is NC(=O)c1cc([N+](=O)[O-])ccc1N1CCC(C(=O)O)CC1. The van der Waals surface area contributed by atoms with E-state index in [0.29, 0.717) is 31.6 Å². The van der Waals surface area contributed by atoms with Crippen molar-refractivity contribution in [1.29, 1.82) is 0 Å². The lowest BCUT2D eigenvalue weighted by Crippen LogP contribution is -2.37. The zero-order chi connectivity index (χ0) is 15.6. The van der Waals surface area contributed by atoms with Crippen molar-refractivity contribution in [1.82, 2.24) is 0 Å². The van der Waals surface area contributed by atoms with E-state index in [1.807, 2.05) is 4.90 Å². The van der Waals surface area contributed by atoms with Crippen molar-refractivity contribution in [3.63, 3.8) is 0 Å². The van der Waals surface area contributed by atoms with Gasteiger partial charge in [-0.15, -0.1) is 0 Å². The molecule has 8 nitrogen and oxygen atoms in total. The van der Waals surface area contributed by atoms with Crippen LogP contribution in [0.3, 0.4) is 0 Å². The molecule has 0 spiro atoms. The Morgan fingerprint density at radius 2 is 1.95 bits per heavy atom. The molecule has 2 rings (SSSR count). The molecule has 1 aromatic carbocycles. The van der Waals surface area contributed by atoms with Gasteiger partial charge in [0, 0.05) is 25.2 Å². The van der Waals surface area contributed by atoms with E-state index in [1.54, 1.807) is 0 Å². The number of non-ortho nitro benzene ring substituents is 1. The van der Waals surface area contributed by atoms with Gasteiger partial charge >= 0.3 is 5.97 Å². The van der Waals surface area contributed by atoms with Gasteiger partial charge in [0.1, 0.15) is 0 Å². The molecule has 0 unspecified atom stereocenters. The Morgan fingerprint density at radius 1 is 1.33 bits per heavy atom. The molecule has 1 aromatic rings. The fourth-order valence-electron chi connectivity index (χ4n) is 2.48. The van der Waals surface area contributed by atoms with Crippen LogP contribution >= 0.6 is 0 Å². The minimum atomic E-state index is -0.825. The minimum absolute atomic E-state index is 0.0815. The lowest BCUT2D eigenvalue weighted by molar-refractivity contribution is -0.384. The van der Waals surface area contributed by atoms with E-state index in [9.17, 15) is 19.7 Å². The molecular formula is C13H15N3O5. The van der Waals surface area contributed by atoms with E-state index in [4.69, 9.17) is 10.8 Å². The number of nitrogens with zero attached hydrogens (tertiary/aromatic N) is 2. The average molecular weight is 293 g/mol. The monoisotopic (exact) mass is 293 g/mol. The molecular weight excluding hydrogens is 278 g/mol. The fourth-order valence-corrected chi connectivity index (χ4v) is 2.48. The Hall–Kier alpha value is -2.64. The molecule has 1 fully saturated rings. The van der Waals surface area contributed by atoms with Crippen molar-refractivity contribution in [3.05, 3.63) is 33.9 Å². The molecule has 1 aliphatic heterocycles. The summed E-state index contributed by atoms with van der Waals surface area (Å²) in [4.78, 5) is 34.4. The summed E-state index contributed by atoms with van der Waals surface area (Å²) in [7, 11) is 0. The summed E-state index contributed by atoms with van der Waals surface area (Å²) in [5.74, 6) is -1.96. The summed E-state index contributed by atoms with van der Waals surface area (Å²) >= 11 is 0. The maximum Gasteiger partial charge on any atom is 0.306 e. The Labute approximate surface area is 120 Å². The summed E-state index contributed by atoms with van der Waals surface area (Å²) in [6, 6.07) is 3.95. The molecule has 1 amide bonds. The third-order valence-corrected chi connectivity index (χ3v) is 3.64. The number of carboxylic acids is 1. The molecule has 0 saturated carbocycles. The number of rotatable bonds is 4. The maximum absolute atomic E-state index is 11.5. The molecule has 8 heteroatoms. The summed E-state index contributed by atoms with van der Waals surface area (Å²) in [6.07, 6.45) is 0.926. The van der Waals surface area contributed by atoms with Crippen LogP contribution in [0.4, 0.5) is 11.4 Å². The van der Waals surface area contributed by atoms with E-state index >= 15 is 0 Å². The van der Waals surface area contributed by atoms with Crippen molar-refractivity contribution < 1.29 is 19.6 Å². The van der Waals surface area contributed by atoms with Gasteiger partial charge in [0.2, 0.25) is 0 Å². The first-order chi connectivity index (χ1) is 9.90. The van der Waals surface area contributed by atoms with Gasteiger partial charge < -0.3 is 15.7 Å². The number of aliphatic carboxylic acids is 1. The van der Waals surface area contributed by atoms with Crippen molar-refractivity contribution >= 4 is 23.3 Å². The average Bonchev–Trinajstić information content (AvgIpc) is 2.46. The zero-order valence-electron chi connectivity index (χ0n) is 11.2. The molecule has 1 aliphatic rings. The Morgan fingerprint density at radius 3 is 2.43 bits per heavy atom. The van der Waals surface area contributed by atoms with Crippen molar-refractivity contribution in [2.75, 3.05) is 18.0 Å². The number of piperidine rings is 1. The Balaban J connectivity index is 2.26. The lowest BCUT2D eigenvalue weighted by Gasteiger charge is -2.32. The van der Waals surface area contributed by atoms with Crippen molar-refractivity contribution in [3.8, 4) is 0 Å². The lowest BCUT2D eigenvalue weighted by atomic mass is 9.96. The molecule has 0 aromatic heterocycles. The van der Waals surface area contributed by atoms with Gasteiger partial charge in [0.05, 0.1) is 22.1 Å². The van der Waals surface area contributed by atoms with Crippen LogP contribution in [0.2, 0.25) is 0 Å². The minimum Gasteiger partial charge on any atom is -0.481 e. The summed E-state index contributed by atoms with van der Waals surface area (Å²) in [5.41, 5.74) is 5.68. The van der Waals surface area contributed by atoms with Crippen LogP contribution in [0, 0.1) is 16.0 Å². The number of anilines is 1. The molecule has 112 valence electrons. The predicted octanol–water partition coefficient (Wildman–Crippen LogP) is 0.995. The molecule has 0 radical (unpaired) electrons. The molecule has 1 saturated heterocycles. The third kappa shape index (κ3) is 3.10. The second-order valence-electron chi connectivity index (χ2n) is 4.92. The van der Waals surface area contributed by atoms with E-state index in [1.165, 1.54) is 12.1 Å². The highest BCUT2D eigenvalue weighted by atomic mass is 16.6. The number of nitrogens with two attached hydrogens (primary N) is 1. The van der Waals surface area contributed by atoms with Crippen LogP contribution in [-0.2, 0) is 4.79 Å². The molecule has 3 N–H and O–H groups in total. The second kappa shape index (κ2) is 5.78. The number of benzene rings is 1. The molecule has 0 aliphatic carbocycles. The number of carbonyl (C=O) groups excluding carboxylic acids is 1. The van der Waals surface area contributed by atoms with E-state index < -0.39 is 22.7 Å². The number of nitro benzene ring substituents is 1. The van der Waals surface area contributed by atoms with Crippen molar-refractivity contribution in [2.45, 2.75) is 12.8 Å². The van der Waals surface area contributed by atoms with Crippen LogP contribution in [0.15, 0.2) is 18.2 Å². The molecule has 0 bridgehead atoms. The number of primary amides is 1. The van der Waals surface area contributed by atoms with Crippen LogP contribution < -0.4 is 10.6 Å². The first-order valence-corrected chi connectivity index (χ1v) is 6.46. The normalized spacial score (nSPS) is 15.7. The first kappa shape index (κ1) is 14.8. The van der Waals surface area contributed by atoms with E-state index in [2.05, 4.69) is 0 Å². The number of amides is 1. The van der Waals surface area contributed by atoms with Crippen LogP contribution in [0.5, 0.6) is 0 Å². The van der Waals surface area contributed by atoms with Gasteiger partial charge in [-0.05, 0) is 18.9 Å². The van der Waals surface area contributed by atoms with Crippen LogP contribution in [-0.4, -0.2) is 35.0 Å². The van der Waals surface area contributed by atoms with Crippen molar-refractivity contribution in [2.24, 2.45) is 11.7 Å². The highest BCUT2D eigenvalue weighted by Gasteiger charge is 2.27. The summed E-state index contributed by atoms with van der Waals surface area (Å²) in [5, 5.41) is 19.7. The maximum atomic E-state index is 11.5. The second-order valence-corrected chi connectivity index (χ2v) is 4.92. The van der Waals surface area contributed by atoms with Gasteiger partial charge in [-0.1, -0.05) is 0 Å². The smallest absolute Gasteiger partial charge is 0.306 e. The standard InChI is InChI=1S/C13H15N3O5/c14-12(17)10-7-9(16(20)21)1-2-11(10)15-5-3-8(4-6-15)13(18)19/h1-2,7-8H,3-6H2,(H2,14,17)(H,18,19). The summed E-state index contributed by atoms with van der Waals surface area (Å²) < 4.78 is 0. The predicted molar refractivity (Wildman–Crippen MR) is 74.2 cm³/mol. The van der Waals surface area contributed by atoms with Gasteiger partial charge in [0.25, 0.3) is 11.6 Å². The Kier molecular flexibility index (Phi) is 4.06. The molecule has 0 atom stereocenters. The van der Waals surface area contributed by atoms with E-state index in [-0.39, 0.29) is 11.3 Å². The quantitative estimate of drug-likeness (QED) is 0.629. The fraction of sp³-hybridized carbons (Fsp3) is 0.385. The number of hydrogen-bond acceptors (Lipinski definition) is 5. The van der Waals surface area contributed by atoms with E-state index in [0.717, 1.165) is 6.07 Å². The largest absolute Gasteiger partial charge is 0.481 e. The van der Waals surface area contributed by atoms with Crippen LogP contribution in [0.1, 0.15) is 23.2 Å². The number of carboxylic acid groups (broad SMARTS) is 1. The van der Waals surface area contributed by atoms with Gasteiger partial charge in [-0.25, -0.2) is 0 Å². The number of nitro groups is 1. The third-order valence-electron chi connectivity index (χ3n) is 3.64. The molecule has 21 heavy (non-hydrogen) atoms. The molecule has 1 heterocycles. The van der Waals surface area contributed by atoms with Crippen LogP contribution in [0.25, 0.3) is 0 Å². The highest BCUT2D eigenvalue weighted by Crippen LogP contribution is 2.29. The number of hydrogen-bond donors (Lipinski definition) is 2. The topological polar surface area (TPSA) is 127 Å². The highest BCUT2D eigenvalue weighted by molar-refractivity contribution is 5.99. The van der Waals surface area contributed by atoms with Gasteiger partial charge in [0.15, 0.2) is 0 Å².